The van der Waals surface area contributed by atoms with Crippen molar-refractivity contribution < 1.29 is 5.11 Å². The molecule has 0 bridgehead atoms. The van der Waals surface area contributed by atoms with Crippen LogP contribution in [0.4, 0.5) is 0 Å². The normalized spacial score (nSPS) is 10.8. The molecule has 0 unspecified atom stereocenters. The van der Waals surface area contributed by atoms with Crippen molar-refractivity contribution in [3.63, 3.8) is 0 Å². The molecule has 0 rings (SSSR count). The maximum absolute atomic E-state index is 8.28. The molecule has 0 atom stereocenters. The van der Waals surface area contributed by atoms with E-state index in [0.717, 1.165) is 12.8 Å². The molecule has 0 amide bonds. The lowest BCUT2D eigenvalue weighted by atomic mass is 10.3. The van der Waals surface area contributed by atoms with Gasteiger partial charge in [0.05, 0.1) is 0 Å². The van der Waals surface area contributed by atoms with Gasteiger partial charge in [0.2, 0.25) is 0 Å². The van der Waals surface area contributed by atoms with E-state index in [4.69, 9.17) is 16.7 Å². The third-order valence-electron chi connectivity index (χ3n) is 0.738. The molecule has 1 N–H and O–H groups in total. The summed E-state index contributed by atoms with van der Waals surface area (Å²) >= 11 is 5.37. The minimum Gasteiger partial charge on any atom is -0.396 e. The number of allylic oxidation sites excluding steroid dienone is 1. The standard InChI is InChI=1S/C6H11ClO/c7-5-3-1-2-4-6-8/h1-2,8H,3-6H2/b2-1-. The van der Waals surface area contributed by atoms with Crippen LogP contribution in [0.1, 0.15) is 12.8 Å². The smallest absolute Gasteiger partial charge is 0.0465 e. The molecule has 2 heteroatoms. The molecule has 0 aromatic carbocycles. The topological polar surface area (TPSA) is 20.2 Å². The molecule has 0 aromatic heterocycles. The van der Waals surface area contributed by atoms with E-state index < -0.39 is 0 Å². The van der Waals surface area contributed by atoms with Gasteiger partial charge in [-0.3, -0.25) is 0 Å². The van der Waals surface area contributed by atoms with Crippen LogP contribution in [-0.4, -0.2) is 17.6 Å². The Morgan fingerprint density at radius 1 is 1.25 bits per heavy atom. The zero-order valence-corrected chi connectivity index (χ0v) is 5.56. The Bertz CT molecular complexity index is 53.5. The van der Waals surface area contributed by atoms with Gasteiger partial charge in [0.1, 0.15) is 0 Å². The second-order valence-electron chi connectivity index (χ2n) is 1.46. The number of hydrogen-bond acceptors (Lipinski definition) is 1. The first kappa shape index (κ1) is 7.99. The van der Waals surface area contributed by atoms with E-state index in [1.54, 1.807) is 0 Å². The van der Waals surface area contributed by atoms with Gasteiger partial charge in [-0.2, -0.15) is 0 Å². The quantitative estimate of drug-likeness (QED) is 0.457. The second kappa shape index (κ2) is 6.99. The van der Waals surface area contributed by atoms with Crippen molar-refractivity contribution in [1.29, 1.82) is 0 Å². The van der Waals surface area contributed by atoms with Crippen LogP contribution in [-0.2, 0) is 0 Å². The monoisotopic (exact) mass is 134 g/mol. The molecule has 0 heterocycles. The summed E-state index contributed by atoms with van der Waals surface area (Å²) in [5, 5.41) is 8.28. The summed E-state index contributed by atoms with van der Waals surface area (Å²) < 4.78 is 0. The van der Waals surface area contributed by atoms with Crippen molar-refractivity contribution in [2.24, 2.45) is 0 Å². The Morgan fingerprint density at radius 2 is 1.88 bits per heavy atom. The van der Waals surface area contributed by atoms with Crippen molar-refractivity contribution in [3.05, 3.63) is 12.2 Å². The molecule has 0 aromatic rings. The first-order chi connectivity index (χ1) is 3.91. The Labute approximate surface area is 55.0 Å². The van der Waals surface area contributed by atoms with Crippen LogP contribution in [0, 0.1) is 0 Å². The van der Waals surface area contributed by atoms with Crippen LogP contribution < -0.4 is 0 Å². The molecule has 0 fully saturated rings. The van der Waals surface area contributed by atoms with E-state index >= 15 is 0 Å². The van der Waals surface area contributed by atoms with Crippen LogP contribution in [0.25, 0.3) is 0 Å². The van der Waals surface area contributed by atoms with Gasteiger partial charge in [0.25, 0.3) is 0 Å². The maximum Gasteiger partial charge on any atom is 0.0465 e. The lowest BCUT2D eigenvalue weighted by molar-refractivity contribution is 0.302. The van der Waals surface area contributed by atoms with Crippen LogP contribution in [0.15, 0.2) is 12.2 Å². The molecular weight excluding hydrogens is 124 g/mol. The number of hydrogen-bond donors (Lipinski definition) is 1. The highest BCUT2D eigenvalue weighted by molar-refractivity contribution is 6.17. The number of aliphatic hydroxyl groups is 1. The van der Waals surface area contributed by atoms with Crippen molar-refractivity contribution >= 4 is 11.6 Å². The first-order valence-corrected chi connectivity index (χ1v) is 3.27. The summed E-state index contributed by atoms with van der Waals surface area (Å²) in [4.78, 5) is 0. The molecule has 0 saturated carbocycles. The number of aliphatic hydroxyl groups excluding tert-OH is 1. The maximum atomic E-state index is 8.28. The highest BCUT2D eigenvalue weighted by atomic mass is 35.5. The lowest BCUT2D eigenvalue weighted by Crippen LogP contribution is -1.75. The minimum atomic E-state index is 0.235. The van der Waals surface area contributed by atoms with Gasteiger partial charge < -0.3 is 5.11 Å². The Morgan fingerprint density at radius 3 is 2.38 bits per heavy atom. The van der Waals surface area contributed by atoms with E-state index in [-0.39, 0.29) is 6.61 Å². The molecule has 1 nitrogen and oxygen atoms in total. The van der Waals surface area contributed by atoms with Gasteiger partial charge in [-0.15, -0.1) is 11.6 Å². The predicted octanol–water partition coefficient (Wildman–Crippen LogP) is 1.55. The number of halogens is 1. The van der Waals surface area contributed by atoms with Gasteiger partial charge in [-0.05, 0) is 12.8 Å². The highest BCUT2D eigenvalue weighted by Crippen LogP contribution is 1.87. The van der Waals surface area contributed by atoms with E-state index in [2.05, 4.69) is 0 Å². The van der Waals surface area contributed by atoms with Crippen LogP contribution in [0.2, 0.25) is 0 Å². The summed E-state index contributed by atoms with van der Waals surface area (Å²) in [6.07, 6.45) is 5.56. The van der Waals surface area contributed by atoms with E-state index in [1.165, 1.54) is 0 Å². The third-order valence-corrected chi connectivity index (χ3v) is 0.956. The summed E-state index contributed by atoms with van der Waals surface area (Å²) in [6.45, 7) is 0.235. The second-order valence-corrected chi connectivity index (χ2v) is 1.84. The molecular formula is C6H11ClO. The Balaban J connectivity index is 2.83. The van der Waals surface area contributed by atoms with Gasteiger partial charge in [-0.1, -0.05) is 12.2 Å². The highest BCUT2D eigenvalue weighted by Gasteiger charge is 1.73. The fourth-order valence-electron chi connectivity index (χ4n) is 0.373. The molecule has 0 aliphatic heterocycles. The predicted molar refractivity (Wildman–Crippen MR) is 36.2 cm³/mol. The average molecular weight is 135 g/mol. The zero-order valence-electron chi connectivity index (χ0n) is 4.81. The largest absolute Gasteiger partial charge is 0.396 e. The number of rotatable bonds is 4. The summed E-state index contributed by atoms with van der Waals surface area (Å²) in [7, 11) is 0. The van der Waals surface area contributed by atoms with Gasteiger partial charge in [-0.25, -0.2) is 0 Å². The molecule has 0 aliphatic carbocycles. The molecule has 0 radical (unpaired) electrons. The van der Waals surface area contributed by atoms with Crippen LogP contribution >= 0.6 is 11.6 Å². The van der Waals surface area contributed by atoms with Crippen molar-refractivity contribution in [2.75, 3.05) is 12.5 Å². The zero-order chi connectivity index (χ0) is 6.24. The molecule has 8 heavy (non-hydrogen) atoms. The van der Waals surface area contributed by atoms with Crippen LogP contribution in [0.5, 0.6) is 0 Å². The fraction of sp³-hybridized carbons (Fsp3) is 0.667. The Kier molecular flexibility index (Phi) is 6.98. The molecule has 0 spiro atoms. The van der Waals surface area contributed by atoms with Gasteiger partial charge in [0.15, 0.2) is 0 Å². The summed E-state index contributed by atoms with van der Waals surface area (Å²) in [6, 6.07) is 0. The Hall–Kier alpha value is -0.0100. The summed E-state index contributed by atoms with van der Waals surface area (Å²) in [5.74, 6) is 0.669. The van der Waals surface area contributed by atoms with Crippen molar-refractivity contribution in [1.82, 2.24) is 0 Å². The molecule has 48 valence electrons. The number of alkyl halides is 1. The third kappa shape index (κ3) is 5.99. The van der Waals surface area contributed by atoms with Crippen molar-refractivity contribution in [2.45, 2.75) is 12.8 Å². The average Bonchev–Trinajstić information content (AvgIpc) is 1.81. The van der Waals surface area contributed by atoms with E-state index in [0.29, 0.717) is 5.88 Å². The van der Waals surface area contributed by atoms with E-state index in [1.807, 2.05) is 12.2 Å². The van der Waals surface area contributed by atoms with E-state index in [9.17, 15) is 0 Å². The lowest BCUT2D eigenvalue weighted by Gasteiger charge is -1.82. The van der Waals surface area contributed by atoms with Gasteiger partial charge >= 0.3 is 0 Å². The van der Waals surface area contributed by atoms with Crippen molar-refractivity contribution in [3.8, 4) is 0 Å². The molecule has 0 aliphatic rings. The summed E-state index contributed by atoms with van der Waals surface area (Å²) in [5.41, 5.74) is 0. The fourth-order valence-corrected chi connectivity index (χ4v) is 0.499. The SMILES string of the molecule is OCC/C=C\CCCl. The van der Waals surface area contributed by atoms with Crippen LogP contribution in [0.3, 0.4) is 0 Å². The molecule has 0 saturated heterocycles. The first-order valence-electron chi connectivity index (χ1n) is 2.73. The minimum absolute atomic E-state index is 0.235. The van der Waals surface area contributed by atoms with Gasteiger partial charge in [0, 0.05) is 12.5 Å².